The minimum Gasteiger partial charge on any atom is -0.481 e. The zero-order valence-corrected chi connectivity index (χ0v) is 11.7. The van der Waals surface area contributed by atoms with Gasteiger partial charge in [0.25, 0.3) is 0 Å². The first-order chi connectivity index (χ1) is 8.43. The van der Waals surface area contributed by atoms with E-state index in [4.69, 9.17) is 5.11 Å². The molecule has 0 heterocycles. The smallest absolute Gasteiger partial charge is 0.307 e. The van der Waals surface area contributed by atoms with Crippen LogP contribution in [0.25, 0.3) is 0 Å². The van der Waals surface area contributed by atoms with Crippen molar-refractivity contribution in [2.24, 2.45) is 5.92 Å². The Morgan fingerprint density at radius 2 is 1.78 bits per heavy atom. The quantitative estimate of drug-likeness (QED) is 0.791. The number of Topliss-reactive ketones (excluding diaryl/α,β-unsaturated/α-hetero) is 1. The minimum atomic E-state index is -0.786. The highest BCUT2D eigenvalue weighted by atomic mass is 16.4. The van der Waals surface area contributed by atoms with Gasteiger partial charge in [0.05, 0.1) is 12.0 Å². The Labute approximate surface area is 109 Å². The Morgan fingerprint density at radius 1 is 1.22 bits per heavy atom. The van der Waals surface area contributed by atoms with Gasteiger partial charge in [-0.15, -0.1) is 0 Å². The number of ketones is 1. The molecule has 0 amide bonds. The van der Waals surface area contributed by atoms with Crippen molar-refractivity contribution in [1.29, 1.82) is 0 Å². The lowest BCUT2D eigenvalue weighted by Crippen LogP contribution is -2.48. The molecule has 1 aliphatic rings. The number of carbonyl (C=O) groups excluding carboxylic acids is 1. The van der Waals surface area contributed by atoms with Gasteiger partial charge in [0.15, 0.2) is 0 Å². The third kappa shape index (κ3) is 4.09. The molecule has 1 aliphatic carbocycles. The first-order valence-corrected chi connectivity index (χ1v) is 6.92. The molecule has 2 unspecified atom stereocenters. The van der Waals surface area contributed by atoms with Crippen molar-refractivity contribution in [1.82, 2.24) is 4.90 Å². The molecule has 0 aromatic heterocycles. The lowest BCUT2D eigenvalue weighted by atomic mass is 9.92. The summed E-state index contributed by atoms with van der Waals surface area (Å²) in [6.07, 6.45) is 5.81. The van der Waals surface area contributed by atoms with Crippen molar-refractivity contribution >= 4 is 11.8 Å². The van der Waals surface area contributed by atoms with Gasteiger partial charge in [-0.25, -0.2) is 0 Å². The van der Waals surface area contributed by atoms with E-state index in [9.17, 15) is 9.59 Å². The van der Waals surface area contributed by atoms with Crippen LogP contribution in [-0.4, -0.2) is 40.4 Å². The van der Waals surface area contributed by atoms with Crippen LogP contribution in [0, 0.1) is 5.92 Å². The van der Waals surface area contributed by atoms with Gasteiger partial charge in [-0.05, 0) is 26.7 Å². The second-order valence-corrected chi connectivity index (χ2v) is 5.51. The molecule has 1 saturated carbocycles. The maximum absolute atomic E-state index is 11.6. The van der Waals surface area contributed by atoms with E-state index in [2.05, 4.69) is 4.90 Å². The molecule has 0 aliphatic heterocycles. The van der Waals surface area contributed by atoms with E-state index in [1.807, 2.05) is 6.92 Å². The second-order valence-electron chi connectivity index (χ2n) is 5.51. The fourth-order valence-corrected chi connectivity index (χ4v) is 2.66. The zero-order valence-electron chi connectivity index (χ0n) is 11.7. The highest BCUT2D eigenvalue weighted by Crippen LogP contribution is 2.25. The summed E-state index contributed by atoms with van der Waals surface area (Å²) in [5, 5.41) is 9.04. The van der Waals surface area contributed by atoms with E-state index in [1.54, 1.807) is 13.8 Å². The van der Waals surface area contributed by atoms with E-state index in [-0.39, 0.29) is 11.8 Å². The normalized spacial score (nSPS) is 20.7. The minimum absolute atomic E-state index is 0.123. The molecule has 0 spiro atoms. The van der Waals surface area contributed by atoms with E-state index >= 15 is 0 Å². The van der Waals surface area contributed by atoms with Gasteiger partial charge in [-0.2, -0.15) is 0 Å². The van der Waals surface area contributed by atoms with Crippen molar-refractivity contribution in [2.45, 2.75) is 65.0 Å². The Bertz CT molecular complexity index is 297. The summed E-state index contributed by atoms with van der Waals surface area (Å²) in [5.41, 5.74) is 0. The average molecular weight is 255 g/mol. The van der Waals surface area contributed by atoms with E-state index in [0.717, 1.165) is 12.8 Å². The fourth-order valence-electron chi connectivity index (χ4n) is 2.66. The number of nitrogens with zero attached hydrogens (tertiary/aromatic N) is 1. The largest absolute Gasteiger partial charge is 0.481 e. The van der Waals surface area contributed by atoms with Crippen molar-refractivity contribution in [3.63, 3.8) is 0 Å². The molecule has 0 saturated heterocycles. The maximum atomic E-state index is 11.6. The molecular weight excluding hydrogens is 230 g/mol. The summed E-state index contributed by atoms with van der Waals surface area (Å²) in [5.74, 6) is -1.08. The average Bonchev–Trinajstić information content (AvgIpc) is 2.35. The SMILES string of the molecule is CC(=O)C(C)N(CC(C)C(=O)O)C1CCCCC1. The molecule has 4 nitrogen and oxygen atoms in total. The summed E-state index contributed by atoms with van der Waals surface area (Å²) in [6, 6.07) is 0.203. The van der Waals surface area contributed by atoms with Gasteiger partial charge in [-0.1, -0.05) is 26.2 Å². The molecule has 0 radical (unpaired) electrons. The first kappa shape index (κ1) is 15.2. The number of carboxylic acid groups (broad SMARTS) is 1. The van der Waals surface area contributed by atoms with Gasteiger partial charge in [-0.3, -0.25) is 14.5 Å². The number of hydrogen-bond acceptors (Lipinski definition) is 3. The van der Waals surface area contributed by atoms with Crippen LogP contribution in [0.5, 0.6) is 0 Å². The Kier molecular flexibility index (Phi) is 5.79. The first-order valence-electron chi connectivity index (χ1n) is 6.92. The molecule has 1 fully saturated rings. The van der Waals surface area contributed by atoms with Gasteiger partial charge in [0.1, 0.15) is 5.78 Å². The standard InChI is InChI=1S/C14H25NO3/c1-10(14(17)18)9-15(11(2)12(3)16)13-7-5-4-6-8-13/h10-11,13H,4-9H2,1-3H3,(H,17,18). The van der Waals surface area contributed by atoms with Crippen LogP contribution in [0.1, 0.15) is 52.9 Å². The van der Waals surface area contributed by atoms with Crippen molar-refractivity contribution in [2.75, 3.05) is 6.54 Å². The number of aliphatic carboxylic acids is 1. The molecule has 1 N–H and O–H groups in total. The zero-order chi connectivity index (χ0) is 13.7. The van der Waals surface area contributed by atoms with Gasteiger partial charge >= 0.3 is 5.97 Å². The summed E-state index contributed by atoms with van der Waals surface area (Å²) < 4.78 is 0. The molecule has 0 aromatic rings. The Balaban J connectivity index is 2.73. The third-order valence-electron chi connectivity index (χ3n) is 4.04. The van der Waals surface area contributed by atoms with Gasteiger partial charge < -0.3 is 5.11 Å². The summed E-state index contributed by atoms with van der Waals surface area (Å²) in [6.45, 7) is 5.67. The predicted molar refractivity (Wildman–Crippen MR) is 70.5 cm³/mol. The van der Waals surface area contributed by atoms with Crippen LogP contribution >= 0.6 is 0 Å². The fraction of sp³-hybridized carbons (Fsp3) is 0.857. The molecule has 104 valence electrons. The van der Waals surface area contributed by atoms with E-state index < -0.39 is 11.9 Å². The topological polar surface area (TPSA) is 57.6 Å². The van der Waals surface area contributed by atoms with Crippen molar-refractivity contribution < 1.29 is 14.7 Å². The lowest BCUT2D eigenvalue weighted by Gasteiger charge is -2.38. The molecule has 4 heteroatoms. The molecule has 18 heavy (non-hydrogen) atoms. The second kappa shape index (κ2) is 6.88. The van der Waals surface area contributed by atoms with E-state index in [0.29, 0.717) is 12.6 Å². The Morgan fingerprint density at radius 3 is 2.22 bits per heavy atom. The van der Waals surface area contributed by atoms with Crippen LogP contribution in [0.2, 0.25) is 0 Å². The highest BCUT2D eigenvalue weighted by Gasteiger charge is 2.29. The number of rotatable bonds is 6. The van der Waals surface area contributed by atoms with Crippen molar-refractivity contribution in [3.05, 3.63) is 0 Å². The number of carbonyl (C=O) groups is 2. The number of carboxylic acids is 1. The van der Waals surface area contributed by atoms with Crippen LogP contribution in [0.3, 0.4) is 0 Å². The molecule has 2 atom stereocenters. The molecule has 0 bridgehead atoms. The number of hydrogen-bond donors (Lipinski definition) is 1. The predicted octanol–water partition coefficient (Wildman–Crippen LogP) is 2.32. The molecule has 1 rings (SSSR count). The molecular formula is C14H25NO3. The summed E-state index contributed by atoms with van der Waals surface area (Å²) in [4.78, 5) is 24.7. The third-order valence-corrected chi connectivity index (χ3v) is 4.04. The van der Waals surface area contributed by atoms with Crippen LogP contribution in [-0.2, 0) is 9.59 Å². The van der Waals surface area contributed by atoms with Crippen LogP contribution in [0.4, 0.5) is 0 Å². The monoisotopic (exact) mass is 255 g/mol. The Hall–Kier alpha value is -0.900. The highest BCUT2D eigenvalue weighted by molar-refractivity contribution is 5.81. The van der Waals surface area contributed by atoms with Gasteiger partial charge in [0, 0.05) is 12.6 Å². The van der Waals surface area contributed by atoms with E-state index in [1.165, 1.54) is 19.3 Å². The summed E-state index contributed by atoms with van der Waals surface area (Å²) >= 11 is 0. The van der Waals surface area contributed by atoms with Crippen molar-refractivity contribution in [3.8, 4) is 0 Å². The van der Waals surface area contributed by atoms with Gasteiger partial charge in [0.2, 0.25) is 0 Å². The van der Waals surface area contributed by atoms with Crippen LogP contribution < -0.4 is 0 Å². The molecule has 0 aromatic carbocycles. The van der Waals surface area contributed by atoms with Crippen LogP contribution in [0.15, 0.2) is 0 Å². The summed E-state index contributed by atoms with van der Waals surface area (Å²) in [7, 11) is 0. The lowest BCUT2D eigenvalue weighted by molar-refractivity contribution is -0.143. The maximum Gasteiger partial charge on any atom is 0.307 e.